The molecule has 0 bridgehead atoms. The van der Waals surface area contributed by atoms with Crippen molar-refractivity contribution in [1.29, 1.82) is 0 Å². The Kier molecular flexibility index (Phi) is 12.0. The number of para-hydroxylation sites is 1. The molecular weight excluding hydrogens is 966 g/mol. The van der Waals surface area contributed by atoms with Gasteiger partial charge in [0.15, 0.2) is 0 Å². The SMILES string of the molecule is CC(C)(C)c1ccc2c(c1)B1c3ccccc3N(c3ccc(C(C)(C)C)cc3-c3ccccc3)c3cc(N4c5ccc(C(C)(C)C)cc5C5(C)C(C)(C)CCC(C)(C)C45C)cc(c31)N2c1ccc(C(C)(C)C)cc1-c1ccccc1. The van der Waals surface area contributed by atoms with Crippen LogP contribution in [0.25, 0.3) is 22.3 Å². The monoisotopic (exact) mass is 1050 g/mol. The topological polar surface area (TPSA) is 9.72 Å². The second-order valence-electron chi connectivity index (χ2n) is 30.1. The van der Waals surface area contributed by atoms with Gasteiger partial charge in [0, 0.05) is 50.7 Å². The lowest BCUT2D eigenvalue weighted by Gasteiger charge is -2.65. The van der Waals surface area contributed by atoms with Gasteiger partial charge in [-0.25, -0.2) is 0 Å². The summed E-state index contributed by atoms with van der Waals surface area (Å²) < 4.78 is 0. The Labute approximate surface area is 481 Å². The summed E-state index contributed by atoms with van der Waals surface area (Å²) in [4.78, 5) is 8.25. The molecule has 2 atom stereocenters. The van der Waals surface area contributed by atoms with E-state index in [1.807, 2.05) is 0 Å². The van der Waals surface area contributed by atoms with Crippen LogP contribution in [-0.2, 0) is 27.1 Å². The summed E-state index contributed by atoms with van der Waals surface area (Å²) in [6.07, 6.45) is 2.28. The van der Waals surface area contributed by atoms with E-state index in [1.54, 1.807) is 0 Å². The Morgan fingerprint density at radius 1 is 0.362 bits per heavy atom. The highest BCUT2D eigenvalue weighted by molar-refractivity contribution is 7.00. The van der Waals surface area contributed by atoms with E-state index in [1.165, 1.54) is 112 Å². The van der Waals surface area contributed by atoms with Crippen molar-refractivity contribution in [3.05, 3.63) is 198 Å². The lowest BCUT2D eigenvalue weighted by molar-refractivity contribution is -0.0415. The standard InChI is InChI=1S/C76H86BN3/c1-69(2,3)51-33-37-61(56(43-51)49-27-21-19-22-28-49)78-64-32-26-25-31-59(64)77-60-46-54(72(10,11)12)36-40-65(60)79(62-38-34-52(70(4,5)6)44-57(62)50-29-23-20-24-30-50)67-48-55(47-66(78)68(67)77)80-63-39-35-53(71(7,8)9)45-58(63)75(17)73(13,14)41-42-74(15,16)76(75,80)18/h19-40,43-48H,41-42H2,1-18H3. The zero-order valence-corrected chi connectivity index (χ0v) is 51.5. The molecule has 2 unspecified atom stereocenters. The van der Waals surface area contributed by atoms with Crippen LogP contribution in [0.2, 0.25) is 0 Å². The fraction of sp³-hybridized carbons (Fsp3) is 0.368. The van der Waals surface area contributed by atoms with Crippen molar-refractivity contribution in [2.75, 3.05) is 14.7 Å². The maximum atomic E-state index is 2.87. The molecule has 4 heteroatoms. The smallest absolute Gasteiger partial charge is 0.252 e. The molecule has 0 aromatic heterocycles. The van der Waals surface area contributed by atoms with E-state index in [0.29, 0.717) is 0 Å². The normalized spacial score (nSPS) is 20.0. The van der Waals surface area contributed by atoms with Gasteiger partial charge in [0.2, 0.25) is 0 Å². The fourth-order valence-corrected chi connectivity index (χ4v) is 15.0. The van der Waals surface area contributed by atoms with Crippen molar-refractivity contribution in [3.8, 4) is 22.3 Å². The van der Waals surface area contributed by atoms with Crippen LogP contribution < -0.4 is 31.1 Å². The van der Waals surface area contributed by atoms with Crippen molar-refractivity contribution in [2.24, 2.45) is 10.8 Å². The summed E-state index contributed by atoms with van der Waals surface area (Å²) in [7, 11) is 0. The summed E-state index contributed by atoms with van der Waals surface area (Å²) in [5, 5.41) is 0. The summed E-state index contributed by atoms with van der Waals surface area (Å²) in [6.45, 7) is 43.8. The molecule has 0 radical (unpaired) electrons. The highest BCUT2D eigenvalue weighted by Gasteiger charge is 2.70. The highest BCUT2D eigenvalue weighted by Crippen LogP contribution is 2.72. The molecule has 3 heterocycles. The van der Waals surface area contributed by atoms with Gasteiger partial charge in [0.25, 0.3) is 6.71 Å². The summed E-state index contributed by atoms with van der Waals surface area (Å²) in [5.41, 5.74) is 24.7. The number of hydrogen-bond acceptors (Lipinski definition) is 3. The molecule has 408 valence electrons. The predicted molar refractivity (Wildman–Crippen MR) is 347 cm³/mol. The third-order valence-electron chi connectivity index (χ3n) is 20.6. The van der Waals surface area contributed by atoms with E-state index < -0.39 is 0 Å². The number of rotatable bonds is 5. The van der Waals surface area contributed by atoms with Crippen LogP contribution in [0.1, 0.15) is 165 Å². The number of hydrogen-bond donors (Lipinski definition) is 0. The van der Waals surface area contributed by atoms with Crippen molar-refractivity contribution >= 4 is 68.6 Å². The Bertz CT molecular complexity index is 3740. The Morgan fingerprint density at radius 3 is 1.25 bits per heavy atom. The summed E-state index contributed by atoms with van der Waals surface area (Å²) >= 11 is 0. The van der Waals surface area contributed by atoms with Crippen LogP contribution >= 0.6 is 0 Å². The van der Waals surface area contributed by atoms with Crippen LogP contribution in [0, 0.1) is 10.8 Å². The Morgan fingerprint density at radius 2 is 0.762 bits per heavy atom. The van der Waals surface area contributed by atoms with Gasteiger partial charge in [-0.2, -0.15) is 0 Å². The van der Waals surface area contributed by atoms with Gasteiger partial charge in [-0.3, -0.25) is 0 Å². The van der Waals surface area contributed by atoms with E-state index in [-0.39, 0.29) is 50.2 Å². The molecule has 12 rings (SSSR count). The molecule has 8 aromatic rings. The number of benzene rings is 8. The first-order chi connectivity index (χ1) is 37.5. The van der Waals surface area contributed by atoms with Gasteiger partial charge in [-0.1, -0.05) is 233 Å². The van der Waals surface area contributed by atoms with Crippen LogP contribution in [0.5, 0.6) is 0 Å². The van der Waals surface area contributed by atoms with Gasteiger partial charge in [-0.15, -0.1) is 0 Å². The van der Waals surface area contributed by atoms with Gasteiger partial charge >= 0.3 is 0 Å². The van der Waals surface area contributed by atoms with Crippen molar-refractivity contribution in [3.63, 3.8) is 0 Å². The minimum absolute atomic E-state index is 0.00959. The zero-order valence-electron chi connectivity index (χ0n) is 51.5. The van der Waals surface area contributed by atoms with Crippen LogP contribution in [-0.4, -0.2) is 12.3 Å². The van der Waals surface area contributed by atoms with Crippen molar-refractivity contribution in [2.45, 2.75) is 170 Å². The molecular formula is C76H86BN3. The summed E-state index contributed by atoms with van der Waals surface area (Å²) in [5.74, 6) is 0. The number of anilines is 8. The second-order valence-corrected chi connectivity index (χ2v) is 30.1. The Balaban J connectivity index is 1.27. The highest BCUT2D eigenvalue weighted by atomic mass is 15.3. The molecule has 80 heavy (non-hydrogen) atoms. The molecule has 1 saturated carbocycles. The lowest BCUT2D eigenvalue weighted by atomic mass is 9.33. The van der Waals surface area contributed by atoms with E-state index in [2.05, 4.69) is 309 Å². The van der Waals surface area contributed by atoms with Crippen molar-refractivity contribution in [1.82, 2.24) is 0 Å². The van der Waals surface area contributed by atoms with E-state index in [4.69, 9.17) is 0 Å². The summed E-state index contributed by atoms with van der Waals surface area (Å²) in [6, 6.07) is 66.7. The van der Waals surface area contributed by atoms with Gasteiger partial charge in [0.1, 0.15) is 0 Å². The molecule has 8 aromatic carbocycles. The minimum atomic E-state index is -0.343. The van der Waals surface area contributed by atoms with Gasteiger partial charge in [-0.05, 0) is 162 Å². The first kappa shape index (κ1) is 53.8. The van der Waals surface area contributed by atoms with Crippen LogP contribution in [0.4, 0.5) is 45.5 Å². The molecule has 1 aliphatic carbocycles. The molecule has 1 fully saturated rings. The average molecular weight is 1050 g/mol. The van der Waals surface area contributed by atoms with Crippen LogP contribution in [0.15, 0.2) is 170 Å². The molecule has 0 N–H and O–H groups in total. The number of fused-ring (bicyclic) bond motifs is 7. The van der Waals surface area contributed by atoms with Crippen LogP contribution in [0.3, 0.4) is 0 Å². The molecule has 0 spiro atoms. The maximum absolute atomic E-state index is 2.87. The minimum Gasteiger partial charge on any atom is -0.334 e. The third kappa shape index (κ3) is 7.95. The molecule has 0 saturated heterocycles. The largest absolute Gasteiger partial charge is 0.334 e. The first-order valence-corrected chi connectivity index (χ1v) is 29.8. The Hall–Kier alpha value is -6.78. The van der Waals surface area contributed by atoms with E-state index in [9.17, 15) is 0 Å². The molecule has 3 aliphatic heterocycles. The average Bonchev–Trinajstić information content (AvgIpc) is 3.77. The predicted octanol–water partition coefficient (Wildman–Crippen LogP) is 19.3. The van der Waals surface area contributed by atoms with Crippen molar-refractivity contribution < 1.29 is 0 Å². The quantitative estimate of drug-likeness (QED) is 0.159. The second kappa shape index (κ2) is 17.9. The zero-order chi connectivity index (χ0) is 57.1. The fourth-order valence-electron chi connectivity index (χ4n) is 15.0. The maximum Gasteiger partial charge on any atom is 0.252 e. The van der Waals surface area contributed by atoms with Gasteiger partial charge in [0.05, 0.1) is 16.9 Å². The number of nitrogens with zero attached hydrogens (tertiary/aromatic N) is 3. The molecule has 0 amide bonds. The third-order valence-corrected chi connectivity index (χ3v) is 20.6. The molecule has 3 nitrogen and oxygen atoms in total. The van der Waals surface area contributed by atoms with E-state index >= 15 is 0 Å². The first-order valence-electron chi connectivity index (χ1n) is 29.8. The lowest BCUT2D eigenvalue weighted by Crippen LogP contribution is -2.69. The van der Waals surface area contributed by atoms with Gasteiger partial charge < -0.3 is 14.7 Å². The van der Waals surface area contributed by atoms with E-state index in [0.717, 1.165) is 12.8 Å². The molecule has 4 aliphatic rings.